The third kappa shape index (κ3) is 3.44. The highest BCUT2D eigenvalue weighted by atomic mass is 16.3. The van der Waals surface area contributed by atoms with Crippen molar-refractivity contribution in [2.45, 2.75) is 51.1 Å². The smallest absolute Gasteiger partial charge is 0.0763 e. The van der Waals surface area contributed by atoms with Crippen LogP contribution in [0.2, 0.25) is 0 Å². The Kier molecular flexibility index (Phi) is 5.07. The summed E-state index contributed by atoms with van der Waals surface area (Å²) in [7, 11) is 0. The molecule has 2 unspecified atom stereocenters. The number of hydrogen-bond acceptors (Lipinski definition) is 2. The van der Waals surface area contributed by atoms with Crippen molar-refractivity contribution in [3.05, 3.63) is 0 Å². The molecule has 0 saturated carbocycles. The van der Waals surface area contributed by atoms with Crippen LogP contribution in [0.5, 0.6) is 0 Å². The molecule has 2 rings (SSSR count). The summed E-state index contributed by atoms with van der Waals surface area (Å²) < 4.78 is 0. The lowest BCUT2D eigenvalue weighted by atomic mass is 9.92. The van der Waals surface area contributed by atoms with Crippen molar-refractivity contribution in [3.8, 4) is 0 Å². The summed E-state index contributed by atoms with van der Waals surface area (Å²) in [6.45, 7) is 3.82. The first kappa shape index (κ1) is 12.3. The van der Waals surface area contributed by atoms with E-state index >= 15 is 0 Å². The molecule has 2 saturated heterocycles. The SMILES string of the molecule is OCCC1CC[N]C(N2CCCCCC2)C1. The van der Waals surface area contributed by atoms with Crippen LogP contribution in [0.1, 0.15) is 44.9 Å². The molecular formula is C13H25N2O. The molecule has 2 atom stereocenters. The summed E-state index contributed by atoms with van der Waals surface area (Å²) in [6, 6.07) is 0. The minimum atomic E-state index is 0.345. The van der Waals surface area contributed by atoms with Gasteiger partial charge in [-0.3, -0.25) is 4.90 Å². The predicted molar refractivity (Wildman–Crippen MR) is 65.3 cm³/mol. The van der Waals surface area contributed by atoms with Gasteiger partial charge in [-0.2, -0.15) is 0 Å². The van der Waals surface area contributed by atoms with Crippen LogP contribution >= 0.6 is 0 Å². The standard InChI is InChI=1S/C13H25N2O/c16-10-6-12-5-7-14-13(11-12)15-8-3-1-2-4-9-15/h12-13,16H,1-11H2. The number of hydrogen-bond donors (Lipinski definition) is 1. The summed E-state index contributed by atoms with van der Waals surface area (Å²) in [6.07, 6.45) is 9.27. The van der Waals surface area contributed by atoms with Crippen molar-refractivity contribution >= 4 is 0 Å². The van der Waals surface area contributed by atoms with Crippen molar-refractivity contribution < 1.29 is 5.11 Å². The van der Waals surface area contributed by atoms with Crippen molar-refractivity contribution in [1.29, 1.82) is 0 Å². The van der Waals surface area contributed by atoms with Gasteiger partial charge < -0.3 is 5.11 Å². The Balaban J connectivity index is 1.82. The molecule has 93 valence electrons. The molecule has 3 heteroatoms. The summed E-state index contributed by atoms with van der Waals surface area (Å²) >= 11 is 0. The van der Waals surface area contributed by atoms with Gasteiger partial charge in [0.2, 0.25) is 0 Å². The van der Waals surface area contributed by atoms with Crippen molar-refractivity contribution in [1.82, 2.24) is 10.2 Å². The average Bonchev–Trinajstić information content (AvgIpc) is 2.58. The molecule has 1 radical (unpaired) electrons. The van der Waals surface area contributed by atoms with E-state index in [-0.39, 0.29) is 0 Å². The number of piperidine rings is 1. The minimum Gasteiger partial charge on any atom is -0.396 e. The second-order valence-corrected chi connectivity index (χ2v) is 5.24. The molecular weight excluding hydrogens is 200 g/mol. The van der Waals surface area contributed by atoms with Crippen LogP contribution in [-0.4, -0.2) is 42.4 Å². The molecule has 0 bridgehead atoms. The molecule has 0 aromatic heterocycles. The molecule has 0 aliphatic carbocycles. The molecule has 0 aromatic carbocycles. The van der Waals surface area contributed by atoms with Gasteiger partial charge in [0.1, 0.15) is 0 Å². The van der Waals surface area contributed by atoms with Gasteiger partial charge in [-0.05, 0) is 51.1 Å². The molecule has 3 nitrogen and oxygen atoms in total. The van der Waals surface area contributed by atoms with E-state index in [1.165, 1.54) is 51.6 Å². The fraction of sp³-hybridized carbons (Fsp3) is 1.00. The Morgan fingerprint density at radius 3 is 2.56 bits per heavy atom. The maximum absolute atomic E-state index is 9.02. The fourth-order valence-electron chi connectivity index (χ4n) is 3.00. The monoisotopic (exact) mass is 225 g/mol. The molecule has 0 aromatic rings. The zero-order valence-corrected chi connectivity index (χ0v) is 10.3. The normalized spacial score (nSPS) is 33.6. The molecule has 2 aliphatic rings. The summed E-state index contributed by atoms with van der Waals surface area (Å²) in [5.41, 5.74) is 0. The van der Waals surface area contributed by atoms with Crippen molar-refractivity contribution in [2.24, 2.45) is 5.92 Å². The minimum absolute atomic E-state index is 0.345. The highest BCUT2D eigenvalue weighted by Gasteiger charge is 2.27. The van der Waals surface area contributed by atoms with E-state index in [1.807, 2.05) is 0 Å². The van der Waals surface area contributed by atoms with Gasteiger partial charge in [0.05, 0.1) is 6.17 Å². The lowest BCUT2D eigenvalue weighted by molar-refractivity contribution is 0.102. The van der Waals surface area contributed by atoms with E-state index in [0.717, 1.165) is 13.0 Å². The van der Waals surface area contributed by atoms with Crippen LogP contribution in [0.15, 0.2) is 0 Å². The first-order valence-electron chi connectivity index (χ1n) is 6.91. The third-order valence-electron chi connectivity index (χ3n) is 4.02. The van der Waals surface area contributed by atoms with E-state index in [2.05, 4.69) is 4.90 Å². The largest absolute Gasteiger partial charge is 0.396 e. The van der Waals surface area contributed by atoms with Gasteiger partial charge in [0.15, 0.2) is 0 Å². The molecule has 0 spiro atoms. The number of aliphatic hydroxyl groups excluding tert-OH is 1. The Labute approximate surface area is 99.2 Å². The molecule has 2 aliphatic heterocycles. The van der Waals surface area contributed by atoms with E-state index in [4.69, 9.17) is 10.4 Å². The lowest BCUT2D eigenvalue weighted by Crippen LogP contribution is -2.47. The number of aliphatic hydroxyl groups is 1. The first-order chi connectivity index (χ1) is 7.90. The molecule has 2 heterocycles. The maximum atomic E-state index is 9.02. The zero-order valence-electron chi connectivity index (χ0n) is 10.3. The predicted octanol–water partition coefficient (Wildman–Crippen LogP) is 1.59. The van der Waals surface area contributed by atoms with Crippen LogP contribution < -0.4 is 5.32 Å². The second kappa shape index (κ2) is 6.58. The summed E-state index contributed by atoms with van der Waals surface area (Å²) in [5.74, 6) is 0.704. The summed E-state index contributed by atoms with van der Waals surface area (Å²) in [4.78, 5) is 2.58. The highest BCUT2D eigenvalue weighted by molar-refractivity contribution is 4.79. The molecule has 2 fully saturated rings. The second-order valence-electron chi connectivity index (χ2n) is 5.24. The number of likely N-dealkylation sites (tertiary alicyclic amines) is 1. The van der Waals surface area contributed by atoms with Crippen molar-refractivity contribution in [2.75, 3.05) is 26.2 Å². The number of nitrogens with zero attached hydrogens (tertiary/aromatic N) is 2. The van der Waals surface area contributed by atoms with Gasteiger partial charge in [-0.15, -0.1) is 0 Å². The van der Waals surface area contributed by atoms with Gasteiger partial charge >= 0.3 is 0 Å². The van der Waals surface area contributed by atoms with E-state index in [9.17, 15) is 0 Å². The van der Waals surface area contributed by atoms with Crippen LogP contribution in [0.4, 0.5) is 0 Å². The summed E-state index contributed by atoms with van der Waals surface area (Å²) in [5, 5.41) is 13.8. The zero-order chi connectivity index (χ0) is 11.2. The Hall–Kier alpha value is -0.120. The van der Waals surface area contributed by atoms with Crippen LogP contribution in [0.25, 0.3) is 0 Å². The van der Waals surface area contributed by atoms with Crippen LogP contribution in [0.3, 0.4) is 0 Å². The van der Waals surface area contributed by atoms with Crippen LogP contribution in [-0.2, 0) is 0 Å². The maximum Gasteiger partial charge on any atom is 0.0763 e. The van der Waals surface area contributed by atoms with Crippen LogP contribution in [0, 0.1) is 5.92 Å². The molecule has 1 N–H and O–H groups in total. The fourth-order valence-corrected chi connectivity index (χ4v) is 3.00. The van der Waals surface area contributed by atoms with Gasteiger partial charge in [0, 0.05) is 13.2 Å². The Bertz CT molecular complexity index is 188. The quantitative estimate of drug-likeness (QED) is 0.792. The molecule has 16 heavy (non-hydrogen) atoms. The molecule has 0 amide bonds. The van der Waals surface area contributed by atoms with Crippen molar-refractivity contribution in [3.63, 3.8) is 0 Å². The first-order valence-corrected chi connectivity index (χ1v) is 6.91. The average molecular weight is 225 g/mol. The highest BCUT2D eigenvalue weighted by Crippen LogP contribution is 2.24. The lowest BCUT2D eigenvalue weighted by Gasteiger charge is -2.36. The van der Waals surface area contributed by atoms with E-state index < -0.39 is 0 Å². The number of rotatable bonds is 3. The van der Waals surface area contributed by atoms with E-state index in [0.29, 0.717) is 18.7 Å². The Morgan fingerprint density at radius 1 is 1.12 bits per heavy atom. The van der Waals surface area contributed by atoms with Gasteiger partial charge in [-0.25, -0.2) is 5.32 Å². The Morgan fingerprint density at radius 2 is 1.88 bits per heavy atom. The van der Waals surface area contributed by atoms with Gasteiger partial charge in [-0.1, -0.05) is 12.8 Å². The topological polar surface area (TPSA) is 37.6 Å². The third-order valence-corrected chi connectivity index (χ3v) is 4.02. The van der Waals surface area contributed by atoms with E-state index in [1.54, 1.807) is 0 Å². The van der Waals surface area contributed by atoms with Gasteiger partial charge in [0.25, 0.3) is 0 Å².